The molecule has 2 rings (SSSR count). The van der Waals surface area contributed by atoms with Crippen molar-refractivity contribution >= 4 is 11.6 Å². The molecular weight excluding hydrogens is 248 g/mol. The predicted molar refractivity (Wildman–Crippen MR) is 75.5 cm³/mol. The number of likely N-dealkylation sites (tertiary alicyclic amines) is 1. The molecule has 0 unspecified atom stereocenters. The molecular formula is C14H21ClN2O. The van der Waals surface area contributed by atoms with Gasteiger partial charge in [0.15, 0.2) is 0 Å². The number of halogens is 1. The summed E-state index contributed by atoms with van der Waals surface area (Å²) in [5, 5.41) is 0.708. The Balaban J connectivity index is 1.99. The molecule has 1 heterocycles. The van der Waals surface area contributed by atoms with Crippen LogP contribution in [0.15, 0.2) is 18.2 Å². The Hall–Kier alpha value is -0.770. The summed E-state index contributed by atoms with van der Waals surface area (Å²) >= 11 is 6.18. The molecule has 0 atom stereocenters. The van der Waals surface area contributed by atoms with E-state index in [9.17, 15) is 0 Å². The fourth-order valence-corrected chi connectivity index (χ4v) is 2.88. The normalized spacial score (nSPS) is 17.9. The Bertz CT molecular complexity index is 389. The molecule has 1 saturated heterocycles. The predicted octanol–water partition coefficient (Wildman–Crippen LogP) is 2.49. The quantitative estimate of drug-likeness (QED) is 0.912. The van der Waals surface area contributed by atoms with Gasteiger partial charge in [-0.15, -0.1) is 0 Å². The highest BCUT2D eigenvalue weighted by Crippen LogP contribution is 2.33. The Kier molecular flexibility index (Phi) is 4.87. The molecule has 4 heteroatoms. The van der Waals surface area contributed by atoms with Gasteiger partial charge in [0.1, 0.15) is 5.75 Å². The van der Waals surface area contributed by atoms with Gasteiger partial charge in [0.05, 0.1) is 12.1 Å². The molecule has 1 aliphatic heterocycles. The Morgan fingerprint density at radius 2 is 2.11 bits per heavy atom. The Morgan fingerprint density at radius 3 is 2.67 bits per heavy atom. The van der Waals surface area contributed by atoms with E-state index >= 15 is 0 Å². The molecule has 18 heavy (non-hydrogen) atoms. The van der Waals surface area contributed by atoms with Crippen LogP contribution in [0.3, 0.4) is 0 Å². The average molecular weight is 269 g/mol. The lowest BCUT2D eigenvalue weighted by atomic mass is 9.89. The summed E-state index contributed by atoms with van der Waals surface area (Å²) in [7, 11) is 1.65. The molecule has 1 aromatic rings. The Labute approximate surface area is 114 Å². The van der Waals surface area contributed by atoms with Crippen molar-refractivity contribution in [1.82, 2.24) is 4.90 Å². The van der Waals surface area contributed by atoms with Crippen molar-refractivity contribution in [2.24, 2.45) is 5.73 Å². The van der Waals surface area contributed by atoms with E-state index in [1.54, 1.807) is 7.11 Å². The first-order valence-corrected chi connectivity index (χ1v) is 6.88. The molecule has 100 valence electrons. The topological polar surface area (TPSA) is 38.5 Å². The zero-order valence-electron chi connectivity index (χ0n) is 10.9. The van der Waals surface area contributed by atoms with Crippen molar-refractivity contribution in [2.75, 3.05) is 33.3 Å². The monoisotopic (exact) mass is 268 g/mol. The van der Waals surface area contributed by atoms with Crippen LogP contribution in [0.1, 0.15) is 24.3 Å². The first-order valence-electron chi connectivity index (χ1n) is 6.50. The van der Waals surface area contributed by atoms with Crippen molar-refractivity contribution in [2.45, 2.75) is 18.8 Å². The van der Waals surface area contributed by atoms with Crippen LogP contribution in [-0.4, -0.2) is 38.2 Å². The number of ether oxygens (including phenoxy) is 1. The number of hydrogen-bond acceptors (Lipinski definition) is 3. The first kappa shape index (κ1) is 13.7. The van der Waals surface area contributed by atoms with Gasteiger partial charge >= 0.3 is 0 Å². The summed E-state index contributed by atoms with van der Waals surface area (Å²) in [5.41, 5.74) is 6.91. The van der Waals surface area contributed by atoms with Gasteiger partial charge in [0.25, 0.3) is 0 Å². The van der Waals surface area contributed by atoms with Crippen molar-refractivity contribution < 1.29 is 4.74 Å². The van der Waals surface area contributed by atoms with E-state index in [4.69, 9.17) is 22.1 Å². The number of methoxy groups -OCH3 is 1. The summed E-state index contributed by atoms with van der Waals surface area (Å²) in [4.78, 5) is 2.43. The highest BCUT2D eigenvalue weighted by molar-refractivity contribution is 6.32. The van der Waals surface area contributed by atoms with Crippen LogP contribution < -0.4 is 10.5 Å². The standard InChI is InChI=1S/C14H21ClN2O/c1-18-14-3-2-12(10-13(14)15)11-4-7-17(8-5-11)9-6-16/h2-3,10-11H,4-9,16H2,1H3. The minimum absolute atomic E-state index is 0.613. The van der Waals surface area contributed by atoms with Crippen LogP contribution in [0.2, 0.25) is 5.02 Å². The van der Waals surface area contributed by atoms with Gasteiger partial charge in [-0.25, -0.2) is 0 Å². The van der Waals surface area contributed by atoms with Crippen LogP contribution >= 0.6 is 11.6 Å². The van der Waals surface area contributed by atoms with Crippen LogP contribution in [0.4, 0.5) is 0 Å². The van der Waals surface area contributed by atoms with Crippen LogP contribution in [0, 0.1) is 0 Å². The maximum absolute atomic E-state index is 6.18. The maximum atomic E-state index is 6.18. The molecule has 1 aliphatic rings. The third-order valence-electron chi connectivity index (χ3n) is 3.68. The van der Waals surface area contributed by atoms with Gasteiger partial charge in [0.2, 0.25) is 0 Å². The van der Waals surface area contributed by atoms with E-state index in [1.165, 1.54) is 18.4 Å². The third-order valence-corrected chi connectivity index (χ3v) is 3.98. The molecule has 1 fully saturated rings. The summed E-state index contributed by atoms with van der Waals surface area (Å²) < 4.78 is 5.18. The van der Waals surface area contributed by atoms with E-state index in [-0.39, 0.29) is 0 Å². The Morgan fingerprint density at radius 1 is 1.39 bits per heavy atom. The molecule has 3 nitrogen and oxygen atoms in total. The van der Waals surface area contributed by atoms with E-state index in [0.29, 0.717) is 10.9 Å². The average Bonchev–Trinajstić information content (AvgIpc) is 2.40. The van der Waals surface area contributed by atoms with Gasteiger partial charge in [-0.2, -0.15) is 0 Å². The first-order chi connectivity index (χ1) is 8.74. The van der Waals surface area contributed by atoms with Gasteiger partial charge in [-0.3, -0.25) is 0 Å². The van der Waals surface area contributed by atoms with E-state index in [0.717, 1.165) is 31.9 Å². The SMILES string of the molecule is COc1ccc(C2CCN(CCN)CC2)cc1Cl. The van der Waals surface area contributed by atoms with E-state index in [1.807, 2.05) is 12.1 Å². The highest BCUT2D eigenvalue weighted by atomic mass is 35.5. The van der Waals surface area contributed by atoms with Gasteiger partial charge in [-0.1, -0.05) is 17.7 Å². The van der Waals surface area contributed by atoms with Crippen LogP contribution in [0.25, 0.3) is 0 Å². The molecule has 2 N–H and O–H groups in total. The highest BCUT2D eigenvalue weighted by Gasteiger charge is 2.20. The van der Waals surface area contributed by atoms with Crippen LogP contribution in [0.5, 0.6) is 5.75 Å². The molecule has 0 spiro atoms. The lowest BCUT2D eigenvalue weighted by molar-refractivity contribution is 0.217. The van der Waals surface area contributed by atoms with E-state index in [2.05, 4.69) is 11.0 Å². The van der Waals surface area contributed by atoms with Crippen molar-refractivity contribution in [3.05, 3.63) is 28.8 Å². The maximum Gasteiger partial charge on any atom is 0.137 e. The van der Waals surface area contributed by atoms with Crippen LogP contribution in [-0.2, 0) is 0 Å². The second kappa shape index (κ2) is 6.41. The lowest BCUT2D eigenvalue weighted by Gasteiger charge is -2.31. The molecule has 0 bridgehead atoms. The third kappa shape index (κ3) is 3.16. The number of nitrogens with zero attached hydrogens (tertiary/aromatic N) is 1. The molecule has 0 saturated carbocycles. The molecule has 0 aromatic heterocycles. The lowest BCUT2D eigenvalue weighted by Crippen LogP contribution is -2.36. The number of hydrogen-bond donors (Lipinski definition) is 1. The van der Waals surface area contributed by atoms with Crippen molar-refractivity contribution in [3.8, 4) is 5.75 Å². The minimum Gasteiger partial charge on any atom is -0.495 e. The smallest absolute Gasteiger partial charge is 0.137 e. The molecule has 0 amide bonds. The van der Waals surface area contributed by atoms with Crippen molar-refractivity contribution in [3.63, 3.8) is 0 Å². The second-order valence-corrected chi connectivity index (χ2v) is 5.21. The zero-order chi connectivity index (χ0) is 13.0. The number of benzene rings is 1. The molecule has 0 aliphatic carbocycles. The van der Waals surface area contributed by atoms with Gasteiger partial charge in [0, 0.05) is 13.1 Å². The van der Waals surface area contributed by atoms with Gasteiger partial charge in [-0.05, 0) is 49.5 Å². The second-order valence-electron chi connectivity index (χ2n) is 4.80. The zero-order valence-corrected chi connectivity index (χ0v) is 11.6. The number of rotatable bonds is 4. The minimum atomic E-state index is 0.613. The molecule has 0 radical (unpaired) electrons. The largest absolute Gasteiger partial charge is 0.495 e. The number of piperidine rings is 1. The fourth-order valence-electron chi connectivity index (χ4n) is 2.61. The fraction of sp³-hybridized carbons (Fsp3) is 0.571. The van der Waals surface area contributed by atoms with Crippen molar-refractivity contribution in [1.29, 1.82) is 0 Å². The summed E-state index contributed by atoms with van der Waals surface area (Å²) in [6.07, 6.45) is 2.37. The number of nitrogens with two attached hydrogens (primary N) is 1. The van der Waals surface area contributed by atoms with Gasteiger partial charge < -0.3 is 15.4 Å². The summed E-state index contributed by atoms with van der Waals surface area (Å²) in [5.74, 6) is 1.36. The molecule has 1 aromatic carbocycles. The summed E-state index contributed by atoms with van der Waals surface area (Å²) in [6, 6.07) is 6.14. The summed E-state index contributed by atoms with van der Waals surface area (Å²) in [6.45, 7) is 4.02. The van der Waals surface area contributed by atoms with E-state index < -0.39 is 0 Å².